The second-order valence-corrected chi connectivity index (χ2v) is 6.67. The molecule has 0 radical (unpaired) electrons. The van der Waals surface area contributed by atoms with Crippen molar-refractivity contribution in [1.29, 1.82) is 0 Å². The minimum absolute atomic E-state index is 0.0305. The molecule has 2 aromatic carbocycles. The normalized spacial score (nSPS) is 10.7. The molecule has 8 heteroatoms. The molecule has 8 nitrogen and oxygen atoms in total. The maximum Gasteiger partial charge on any atom is 0.258 e. The molecule has 1 amide bonds. The molecule has 158 valence electrons. The van der Waals surface area contributed by atoms with Gasteiger partial charge in [-0.1, -0.05) is 12.1 Å². The van der Waals surface area contributed by atoms with Crippen LogP contribution >= 0.6 is 0 Å². The van der Waals surface area contributed by atoms with Gasteiger partial charge in [-0.25, -0.2) is 0 Å². The van der Waals surface area contributed by atoms with Gasteiger partial charge in [0.25, 0.3) is 5.91 Å². The molecule has 2 N–H and O–H groups in total. The lowest BCUT2D eigenvalue weighted by atomic mass is 10.0. The number of carbonyl (C=O) groups is 1. The van der Waals surface area contributed by atoms with Crippen LogP contribution in [0.5, 0.6) is 17.2 Å². The molecule has 0 saturated heterocycles. The van der Waals surface area contributed by atoms with E-state index in [9.17, 15) is 14.7 Å². The van der Waals surface area contributed by atoms with Crippen LogP contribution in [0, 0.1) is 0 Å². The molecule has 2 heterocycles. The number of rotatable bonds is 7. The number of hydrogen-bond acceptors (Lipinski definition) is 7. The topological polar surface area (TPSA) is 111 Å². The van der Waals surface area contributed by atoms with E-state index < -0.39 is 0 Å². The van der Waals surface area contributed by atoms with Gasteiger partial charge in [-0.2, -0.15) is 0 Å². The van der Waals surface area contributed by atoms with Crippen LogP contribution in [0.1, 0.15) is 5.76 Å². The largest absolute Gasteiger partial charge is 0.507 e. The lowest BCUT2D eigenvalue weighted by molar-refractivity contribution is -0.123. The van der Waals surface area contributed by atoms with E-state index in [1.807, 2.05) is 0 Å². The van der Waals surface area contributed by atoms with E-state index in [0.717, 1.165) is 0 Å². The van der Waals surface area contributed by atoms with Crippen LogP contribution in [-0.4, -0.2) is 24.7 Å². The fourth-order valence-electron chi connectivity index (χ4n) is 3.06. The summed E-state index contributed by atoms with van der Waals surface area (Å²) in [6, 6.07) is 13.1. The fraction of sp³-hybridized carbons (Fsp3) is 0.130. The molecule has 0 aliphatic heterocycles. The Hall–Kier alpha value is -4.20. The Kier molecular flexibility index (Phi) is 5.61. The molecule has 0 bridgehead atoms. The summed E-state index contributed by atoms with van der Waals surface area (Å²) in [4.78, 5) is 24.9. The monoisotopic (exact) mass is 421 g/mol. The fourth-order valence-corrected chi connectivity index (χ4v) is 3.06. The summed E-state index contributed by atoms with van der Waals surface area (Å²) in [5.74, 6) is 0.802. The Morgan fingerprint density at radius 2 is 1.90 bits per heavy atom. The number of phenolic OH excluding ortho intramolecular Hbond substituents is 1. The first kappa shape index (κ1) is 20.1. The van der Waals surface area contributed by atoms with Crippen LogP contribution < -0.4 is 20.2 Å². The SMILES string of the molecule is COc1ccc(-c2coc3cc(OCC(=O)NCc4ccco4)cc(O)c3c2=O)cc1. The number of aromatic hydroxyl groups is 1. The van der Waals surface area contributed by atoms with Crippen molar-refractivity contribution in [3.05, 3.63) is 77.0 Å². The lowest BCUT2D eigenvalue weighted by Gasteiger charge is -2.09. The van der Waals surface area contributed by atoms with E-state index >= 15 is 0 Å². The van der Waals surface area contributed by atoms with E-state index in [-0.39, 0.29) is 47.0 Å². The van der Waals surface area contributed by atoms with Crippen molar-refractivity contribution in [3.8, 4) is 28.4 Å². The maximum atomic E-state index is 12.9. The van der Waals surface area contributed by atoms with Crippen molar-refractivity contribution in [2.75, 3.05) is 13.7 Å². The van der Waals surface area contributed by atoms with Gasteiger partial charge in [0.15, 0.2) is 6.61 Å². The molecule has 0 spiro atoms. The maximum absolute atomic E-state index is 12.9. The molecule has 2 aromatic heterocycles. The number of carbonyl (C=O) groups excluding carboxylic acids is 1. The Balaban J connectivity index is 1.52. The summed E-state index contributed by atoms with van der Waals surface area (Å²) in [5, 5.41) is 13.1. The number of benzene rings is 2. The minimum Gasteiger partial charge on any atom is -0.507 e. The van der Waals surface area contributed by atoms with Crippen LogP contribution in [0.4, 0.5) is 0 Å². The van der Waals surface area contributed by atoms with Crippen LogP contribution in [-0.2, 0) is 11.3 Å². The summed E-state index contributed by atoms with van der Waals surface area (Å²) < 4.78 is 21.3. The van der Waals surface area contributed by atoms with E-state index in [0.29, 0.717) is 22.6 Å². The number of fused-ring (bicyclic) bond motifs is 1. The average Bonchev–Trinajstić information content (AvgIpc) is 3.30. The van der Waals surface area contributed by atoms with Crippen LogP contribution in [0.25, 0.3) is 22.1 Å². The van der Waals surface area contributed by atoms with Crippen molar-refractivity contribution in [2.45, 2.75) is 6.54 Å². The highest BCUT2D eigenvalue weighted by molar-refractivity contribution is 5.88. The lowest BCUT2D eigenvalue weighted by Crippen LogP contribution is -2.28. The van der Waals surface area contributed by atoms with E-state index in [2.05, 4.69) is 5.32 Å². The highest BCUT2D eigenvalue weighted by Crippen LogP contribution is 2.30. The first-order chi connectivity index (χ1) is 15.0. The van der Waals surface area contributed by atoms with Crippen molar-refractivity contribution in [2.24, 2.45) is 0 Å². The van der Waals surface area contributed by atoms with E-state index in [1.54, 1.807) is 43.5 Å². The standard InChI is InChI=1S/C23H19NO7/c1-28-15-6-4-14(5-7-15)18-12-31-20-10-17(9-19(25)22(20)23(18)27)30-13-21(26)24-11-16-3-2-8-29-16/h2-10,12,25H,11,13H2,1H3,(H,24,26). The minimum atomic E-state index is -0.383. The Bertz CT molecular complexity index is 1260. The van der Waals surface area contributed by atoms with Crippen LogP contribution in [0.3, 0.4) is 0 Å². The molecule has 4 aromatic rings. The zero-order valence-electron chi connectivity index (χ0n) is 16.6. The predicted molar refractivity (Wildman–Crippen MR) is 112 cm³/mol. The van der Waals surface area contributed by atoms with Crippen LogP contribution in [0.15, 0.2) is 74.7 Å². The van der Waals surface area contributed by atoms with Crippen LogP contribution in [0.2, 0.25) is 0 Å². The van der Waals surface area contributed by atoms with E-state index in [1.165, 1.54) is 24.7 Å². The molecule has 4 rings (SSSR count). The molecule has 0 aliphatic rings. The number of methoxy groups -OCH3 is 1. The highest BCUT2D eigenvalue weighted by atomic mass is 16.5. The molecular weight excluding hydrogens is 402 g/mol. The average molecular weight is 421 g/mol. The van der Waals surface area contributed by atoms with Gasteiger partial charge < -0.3 is 28.7 Å². The third-order valence-corrected chi connectivity index (χ3v) is 4.64. The van der Waals surface area contributed by atoms with Gasteiger partial charge in [-0.15, -0.1) is 0 Å². The molecule has 31 heavy (non-hydrogen) atoms. The smallest absolute Gasteiger partial charge is 0.258 e. The van der Waals surface area contributed by atoms with Gasteiger partial charge in [0.1, 0.15) is 40.2 Å². The van der Waals surface area contributed by atoms with Gasteiger partial charge in [0.05, 0.1) is 25.5 Å². The second-order valence-electron chi connectivity index (χ2n) is 6.67. The van der Waals surface area contributed by atoms with Crippen molar-refractivity contribution >= 4 is 16.9 Å². The summed E-state index contributed by atoms with van der Waals surface area (Å²) in [6.07, 6.45) is 2.84. The van der Waals surface area contributed by atoms with Crippen molar-refractivity contribution in [3.63, 3.8) is 0 Å². The molecule has 0 unspecified atom stereocenters. The summed E-state index contributed by atoms with van der Waals surface area (Å²) in [6.45, 7) is -0.0407. The molecule has 0 atom stereocenters. The summed E-state index contributed by atoms with van der Waals surface area (Å²) in [7, 11) is 1.56. The quantitative estimate of drug-likeness (QED) is 0.470. The van der Waals surface area contributed by atoms with Crippen molar-refractivity contribution < 1.29 is 28.2 Å². The molecular formula is C23H19NO7. The van der Waals surface area contributed by atoms with Gasteiger partial charge in [0, 0.05) is 12.1 Å². The van der Waals surface area contributed by atoms with Crippen molar-refractivity contribution in [1.82, 2.24) is 5.32 Å². The first-order valence-electron chi connectivity index (χ1n) is 9.40. The predicted octanol–water partition coefficient (Wildman–Crippen LogP) is 3.46. The number of phenols is 1. The Morgan fingerprint density at radius 3 is 2.61 bits per heavy atom. The number of hydrogen-bond donors (Lipinski definition) is 2. The number of furan rings is 1. The number of nitrogens with one attached hydrogen (secondary N) is 1. The van der Waals surface area contributed by atoms with Gasteiger partial charge in [-0.3, -0.25) is 9.59 Å². The zero-order valence-corrected chi connectivity index (χ0v) is 16.6. The highest BCUT2D eigenvalue weighted by Gasteiger charge is 2.15. The van der Waals surface area contributed by atoms with Gasteiger partial charge >= 0.3 is 0 Å². The zero-order chi connectivity index (χ0) is 21.8. The first-order valence-corrected chi connectivity index (χ1v) is 9.40. The Morgan fingerprint density at radius 1 is 1.10 bits per heavy atom. The summed E-state index contributed by atoms with van der Waals surface area (Å²) in [5.41, 5.74) is 0.695. The number of ether oxygens (including phenoxy) is 2. The summed E-state index contributed by atoms with van der Waals surface area (Å²) >= 11 is 0. The molecule has 0 aliphatic carbocycles. The van der Waals surface area contributed by atoms with E-state index in [4.69, 9.17) is 18.3 Å². The van der Waals surface area contributed by atoms with Gasteiger partial charge in [0.2, 0.25) is 5.43 Å². The van der Waals surface area contributed by atoms with Gasteiger partial charge in [-0.05, 0) is 29.8 Å². The third-order valence-electron chi connectivity index (χ3n) is 4.64. The Labute approximate surface area is 176 Å². The third kappa shape index (κ3) is 4.37. The molecule has 0 saturated carbocycles. The number of amides is 1. The second kappa shape index (κ2) is 8.66. The molecule has 0 fully saturated rings.